The fraction of sp³-hybridized carbons (Fsp3) is 0.160. The molecule has 0 fully saturated rings. The van der Waals surface area contributed by atoms with Crippen LogP contribution >= 0.6 is 0 Å². The lowest BCUT2D eigenvalue weighted by Gasteiger charge is -2.15. The van der Waals surface area contributed by atoms with Crippen molar-refractivity contribution < 1.29 is 18.7 Å². The van der Waals surface area contributed by atoms with Gasteiger partial charge in [-0.2, -0.15) is 0 Å². The molecule has 4 aromatic rings. The molecule has 0 bridgehead atoms. The standard InChI is InChI=1S/C25H22FN3O5/c1-33-18-11-12-22(34-2)20(13-18)27-23(30)15-28-21-6-4-3-5-19(21)24(31)29(25(28)32)14-16-7-9-17(26)10-8-16/h3-13H,14-15H2,1-2H3,(H,27,30). The van der Waals surface area contributed by atoms with Crippen molar-refractivity contribution in [1.29, 1.82) is 0 Å². The summed E-state index contributed by atoms with van der Waals surface area (Å²) in [6.07, 6.45) is 0. The minimum absolute atomic E-state index is 0.0614. The Morgan fingerprint density at radius 3 is 2.38 bits per heavy atom. The smallest absolute Gasteiger partial charge is 0.332 e. The predicted molar refractivity (Wildman–Crippen MR) is 126 cm³/mol. The number of hydrogen-bond donors (Lipinski definition) is 1. The number of hydrogen-bond acceptors (Lipinski definition) is 5. The number of carbonyl (C=O) groups excluding carboxylic acids is 1. The lowest BCUT2D eigenvalue weighted by Crippen LogP contribution is -2.42. The number of anilines is 1. The molecule has 3 aromatic carbocycles. The van der Waals surface area contributed by atoms with Crippen LogP contribution in [0.2, 0.25) is 0 Å². The summed E-state index contributed by atoms with van der Waals surface area (Å²) < 4.78 is 26.0. The van der Waals surface area contributed by atoms with Crippen LogP contribution < -0.4 is 26.0 Å². The summed E-state index contributed by atoms with van der Waals surface area (Å²) in [5, 5.41) is 3.02. The van der Waals surface area contributed by atoms with Crippen LogP contribution in [0.3, 0.4) is 0 Å². The number of ether oxygens (including phenoxy) is 2. The molecular formula is C25H22FN3O5. The van der Waals surface area contributed by atoms with Gasteiger partial charge in [-0.05, 0) is 42.0 Å². The van der Waals surface area contributed by atoms with Crippen molar-refractivity contribution in [3.63, 3.8) is 0 Å². The van der Waals surface area contributed by atoms with E-state index in [9.17, 15) is 18.8 Å². The van der Waals surface area contributed by atoms with Gasteiger partial charge in [0.1, 0.15) is 23.9 Å². The highest BCUT2D eigenvalue weighted by Gasteiger charge is 2.17. The molecule has 9 heteroatoms. The summed E-state index contributed by atoms with van der Waals surface area (Å²) in [5.41, 5.74) is 0.147. The SMILES string of the molecule is COc1ccc(OC)c(NC(=O)Cn2c(=O)n(Cc3ccc(F)cc3)c(=O)c3ccccc32)c1. The Balaban J connectivity index is 1.74. The lowest BCUT2D eigenvalue weighted by molar-refractivity contribution is -0.116. The molecule has 0 saturated heterocycles. The number of nitrogens with one attached hydrogen (secondary N) is 1. The lowest BCUT2D eigenvalue weighted by atomic mass is 10.2. The second kappa shape index (κ2) is 9.62. The second-order valence-corrected chi connectivity index (χ2v) is 7.52. The van der Waals surface area contributed by atoms with Crippen molar-refractivity contribution in [1.82, 2.24) is 9.13 Å². The van der Waals surface area contributed by atoms with E-state index < -0.39 is 23.0 Å². The van der Waals surface area contributed by atoms with Gasteiger partial charge in [0.2, 0.25) is 5.91 Å². The maximum atomic E-state index is 13.3. The Morgan fingerprint density at radius 1 is 0.941 bits per heavy atom. The van der Waals surface area contributed by atoms with Gasteiger partial charge >= 0.3 is 5.69 Å². The third-order valence-corrected chi connectivity index (χ3v) is 5.37. The number of halogens is 1. The molecule has 8 nitrogen and oxygen atoms in total. The first kappa shape index (κ1) is 22.8. The molecule has 1 N–H and O–H groups in total. The van der Waals surface area contributed by atoms with E-state index in [-0.39, 0.29) is 18.5 Å². The van der Waals surface area contributed by atoms with E-state index in [4.69, 9.17) is 9.47 Å². The third-order valence-electron chi connectivity index (χ3n) is 5.37. The molecule has 4 rings (SSSR count). The zero-order valence-corrected chi connectivity index (χ0v) is 18.6. The molecule has 34 heavy (non-hydrogen) atoms. The molecule has 0 atom stereocenters. The highest BCUT2D eigenvalue weighted by molar-refractivity contribution is 5.93. The summed E-state index contributed by atoms with van der Waals surface area (Å²) >= 11 is 0. The summed E-state index contributed by atoms with van der Waals surface area (Å²) in [7, 11) is 2.98. The number of fused-ring (bicyclic) bond motifs is 1. The Kier molecular flexibility index (Phi) is 6.44. The highest BCUT2D eigenvalue weighted by atomic mass is 19.1. The third kappa shape index (κ3) is 4.54. The summed E-state index contributed by atoms with van der Waals surface area (Å²) in [6, 6.07) is 17.0. The van der Waals surface area contributed by atoms with Crippen LogP contribution in [-0.4, -0.2) is 29.3 Å². The van der Waals surface area contributed by atoms with Gasteiger partial charge in [0, 0.05) is 6.07 Å². The van der Waals surface area contributed by atoms with Gasteiger partial charge in [0.25, 0.3) is 5.56 Å². The van der Waals surface area contributed by atoms with E-state index in [1.165, 1.54) is 43.1 Å². The molecule has 0 aliphatic rings. The average molecular weight is 463 g/mol. The molecule has 0 saturated carbocycles. The average Bonchev–Trinajstić information content (AvgIpc) is 2.85. The topological polar surface area (TPSA) is 91.6 Å². The van der Waals surface area contributed by atoms with Crippen LogP contribution in [0.1, 0.15) is 5.56 Å². The van der Waals surface area contributed by atoms with E-state index in [2.05, 4.69) is 5.32 Å². The van der Waals surface area contributed by atoms with Crippen LogP contribution in [0, 0.1) is 5.82 Å². The molecule has 0 radical (unpaired) electrons. The molecule has 1 aromatic heterocycles. The van der Waals surface area contributed by atoms with Crippen LogP contribution in [0.5, 0.6) is 11.5 Å². The van der Waals surface area contributed by atoms with Crippen LogP contribution in [0.25, 0.3) is 10.9 Å². The van der Waals surface area contributed by atoms with Crippen molar-refractivity contribution in [2.24, 2.45) is 0 Å². The Hall–Kier alpha value is -4.40. The second-order valence-electron chi connectivity index (χ2n) is 7.52. The van der Waals surface area contributed by atoms with Gasteiger partial charge in [-0.25, -0.2) is 9.18 Å². The van der Waals surface area contributed by atoms with Crippen molar-refractivity contribution in [3.8, 4) is 11.5 Å². The van der Waals surface area contributed by atoms with E-state index >= 15 is 0 Å². The number of methoxy groups -OCH3 is 2. The number of carbonyl (C=O) groups is 1. The van der Waals surface area contributed by atoms with Gasteiger partial charge in [0.05, 0.1) is 37.4 Å². The van der Waals surface area contributed by atoms with Crippen molar-refractivity contribution in [3.05, 3.63) is 98.9 Å². The monoisotopic (exact) mass is 463 g/mol. The Morgan fingerprint density at radius 2 is 1.68 bits per heavy atom. The van der Waals surface area contributed by atoms with Gasteiger partial charge in [-0.3, -0.25) is 18.7 Å². The molecule has 0 aliphatic carbocycles. The van der Waals surface area contributed by atoms with Crippen molar-refractivity contribution >= 4 is 22.5 Å². The maximum absolute atomic E-state index is 13.3. The van der Waals surface area contributed by atoms with Gasteiger partial charge in [-0.15, -0.1) is 0 Å². The van der Waals surface area contributed by atoms with Crippen LogP contribution in [0.15, 0.2) is 76.3 Å². The molecule has 174 valence electrons. The fourth-order valence-corrected chi connectivity index (χ4v) is 3.68. The van der Waals surface area contributed by atoms with Crippen LogP contribution in [-0.2, 0) is 17.9 Å². The van der Waals surface area contributed by atoms with Gasteiger partial charge < -0.3 is 14.8 Å². The molecule has 1 amide bonds. The number of rotatable bonds is 7. The first-order chi connectivity index (χ1) is 16.4. The Bertz CT molecular complexity index is 1480. The molecule has 0 unspecified atom stereocenters. The zero-order chi connectivity index (χ0) is 24.2. The van der Waals surface area contributed by atoms with Gasteiger partial charge in [0.15, 0.2) is 0 Å². The largest absolute Gasteiger partial charge is 0.497 e. The predicted octanol–water partition coefficient (Wildman–Crippen LogP) is 3.01. The summed E-state index contributed by atoms with van der Waals surface area (Å²) in [6.45, 7) is -0.405. The van der Waals surface area contributed by atoms with E-state index in [0.29, 0.717) is 28.3 Å². The van der Waals surface area contributed by atoms with Gasteiger partial charge in [-0.1, -0.05) is 24.3 Å². The first-order valence-electron chi connectivity index (χ1n) is 10.4. The first-order valence-corrected chi connectivity index (χ1v) is 10.4. The zero-order valence-electron chi connectivity index (χ0n) is 18.6. The number of amides is 1. The highest BCUT2D eigenvalue weighted by Crippen LogP contribution is 2.28. The minimum Gasteiger partial charge on any atom is -0.497 e. The van der Waals surface area contributed by atoms with Crippen LogP contribution in [0.4, 0.5) is 10.1 Å². The van der Waals surface area contributed by atoms with E-state index in [1.807, 2.05) is 0 Å². The number of benzene rings is 3. The van der Waals surface area contributed by atoms with E-state index in [1.54, 1.807) is 42.5 Å². The molecule has 1 heterocycles. The minimum atomic E-state index is -0.652. The van der Waals surface area contributed by atoms with E-state index in [0.717, 1.165) is 4.57 Å². The quantitative estimate of drug-likeness (QED) is 0.455. The molecular weight excluding hydrogens is 441 g/mol. The molecule has 0 aliphatic heterocycles. The number of para-hydroxylation sites is 1. The normalized spacial score (nSPS) is 10.8. The summed E-state index contributed by atoms with van der Waals surface area (Å²) in [5.74, 6) is 0.0293. The maximum Gasteiger partial charge on any atom is 0.332 e. The molecule has 0 spiro atoms. The van der Waals surface area contributed by atoms with Crippen molar-refractivity contribution in [2.45, 2.75) is 13.1 Å². The number of aromatic nitrogens is 2. The number of nitrogens with zero attached hydrogens (tertiary/aromatic N) is 2. The fourth-order valence-electron chi connectivity index (χ4n) is 3.68. The Labute approximate surface area is 193 Å². The summed E-state index contributed by atoms with van der Waals surface area (Å²) in [4.78, 5) is 39.3. The van der Waals surface area contributed by atoms with Crippen molar-refractivity contribution in [2.75, 3.05) is 19.5 Å².